The van der Waals surface area contributed by atoms with Gasteiger partial charge in [0.25, 0.3) is 0 Å². The van der Waals surface area contributed by atoms with Crippen LogP contribution in [0.5, 0.6) is 0 Å². The van der Waals surface area contributed by atoms with Gasteiger partial charge in [-0.15, -0.1) is 0 Å². The van der Waals surface area contributed by atoms with Gasteiger partial charge in [0.05, 0.1) is 6.10 Å². The molecule has 2 atom stereocenters. The van der Waals surface area contributed by atoms with Crippen molar-refractivity contribution in [2.75, 3.05) is 18.0 Å². The van der Waals surface area contributed by atoms with Gasteiger partial charge in [-0.1, -0.05) is 13.3 Å². The highest BCUT2D eigenvalue weighted by molar-refractivity contribution is 5.41. The Bertz CT molecular complexity index is 379. The summed E-state index contributed by atoms with van der Waals surface area (Å²) < 4.78 is 0. The molecule has 3 nitrogen and oxygen atoms in total. The molecule has 1 fully saturated rings. The van der Waals surface area contributed by atoms with E-state index >= 15 is 0 Å². The molecule has 0 radical (unpaired) electrons. The van der Waals surface area contributed by atoms with Crippen LogP contribution in [0.1, 0.15) is 51.2 Å². The van der Waals surface area contributed by atoms with E-state index in [0.717, 1.165) is 30.4 Å². The van der Waals surface area contributed by atoms with Crippen molar-refractivity contribution in [2.45, 2.75) is 45.6 Å². The Balaban J connectivity index is 2.08. The first-order valence-electron chi connectivity index (χ1n) is 7.09. The summed E-state index contributed by atoms with van der Waals surface area (Å²) in [7, 11) is 0. The number of nitrogens with zero attached hydrogens (tertiary/aromatic N) is 2. The molecule has 0 aliphatic carbocycles. The monoisotopic (exact) mass is 248 g/mol. The predicted octanol–water partition coefficient (Wildman–Crippen LogP) is 3.15. The zero-order valence-electron chi connectivity index (χ0n) is 11.5. The van der Waals surface area contributed by atoms with Crippen LogP contribution in [-0.2, 0) is 0 Å². The van der Waals surface area contributed by atoms with E-state index in [9.17, 15) is 5.11 Å². The number of hydrogen-bond donors (Lipinski definition) is 1. The van der Waals surface area contributed by atoms with E-state index in [0.29, 0.717) is 0 Å². The first kappa shape index (κ1) is 13.3. The van der Waals surface area contributed by atoms with Crippen LogP contribution in [0.2, 0.25) is 0 Å². The number of aliphatic hydroxyl groups is 1. The molecule has 0 saturated carbocycles. The number of pyridine rings is 1. The van der Waals surface area contributed by atoms with Gasteiger partial charge in [-0.3, -0.25) is 0 Å². The molecule has 2 rings (SSSR count). The van der Waals surface area contributed by atoms with E-state index in [1.54, 1.807) is 13.1 Å². The minimum absolute atomic E-state index is 0.415. The van der Waals surface area contributed by atoms with E-state index in [1.807, 2.05) is 12.1 Å². The summed E-state index contributed by atoms with van der Waals surface area (Å²) in [6.07, 6.45) is 6.52. The normalized spacial score (nSPS) is 22.6. The zero-order chi connectivity index (χ0) is 13.0. The first-order chi connectivity index (χ1) is 8.70. The van der Waals surface area contributed by atoms with Crippen LogP contribution in [0, 0.1) is 5.92 Å². The Hall–Kier alpha value is -1.09. The summed E-state index contributed by atoms with van der Waals surface area (Å²) >= 11 is 0. The second kappa shape index (κ2) is 6.19. The first-order valence-corrected chi connectivity index (χ1v) is 7.09. The van der Waals surface area contributed by atoms with Crippen LogP contribution < -0.4 is 4.90 Å². The lowest BCUT2D eigenvalue weighted by Gasteiger charge is -2.22. The molecule has 18 heavy (non-hydrogen) atoms. The predicted molar refractivity (Wildman–Crippen MR) is 74.7 cm³/mol. The standard InChI is InChI=1S/C15H24N2O/c1-3-13-5-4-9-17(10-7-13)15-11-14(12(2)18)6-8-16-15/h6,8,11-13,18H,3-5,7,9-10H2,1-2H3/t12-,13?/m1/s1. The SMILES string of the molecule is CCC1CCCN(c2cc([C@@H](C)O)ccn2)CC1. The van der Waals surface area contributed by atoms with E-state index < -0.39 is 6.10 Å². The average molecular weight is 248 g/mol. The van der Waals surface area contributed by atoms with Crippen molar-refractivity contribution in [1.29, 1.82) is 0 Å². The third kappa shape index (κ3) is 3.22. The van der Waals surface area contributed by atoms with E-state index in [-0.39, 0.29) is 0 Å². The topological polar surface area (TPSA) is 36.4 Å². The Kier molecular flexibility index (Phi) is 4.59. The fraction of sp³-hybridized carbons (Fsp3) is 0.667. The fourth-order valence-electron chi connectivity index (χ4n) is 2.67. The van der Waals surface area contributed by atoms with Crippen molar-refractivity contribution < 1.29 is 5.11 Å². The maximum Gasteiger partial charge on any atom is 0.128 e. The van der Waals surface area contributed by atoms with E-state index in [1.165, 1.54) is 25.7 Å². The smallest absolute Gasteiger partial charge is 0.128 e. The molecule has 2 heterocycles. The molecule has 100 valence electrons. The molecule has 0 spiro atoms. The zero-order valence-corrected chi connectivity index (χ0v) is 11.5. The van der Waals surface area contributed by atoms with Gasteiger partial charge in [0, 0.05) is 19.3 Å². The average Bonchev–Trinajstić information content (AvgIpc) is 2.64. The van der Waals surface area contributed by atoms with Crippen LogP contribution >= 0.6 is 0 Å². The van der Waals surface area contributed by atoms with Crippen molar-refractivity contribution in [3.63, 3.8) is 0 Å². The van der Waals surface area contributed by atoms with Gasteiger partial charge in [0.15, 0.2) is 0 Å². The lowest BCUT2D eigenvalue weighted by atomic mass is 9.98. The molecule has 0 bridgehead atoms. The molecule has 1 aromatic rings. The van der Waals surface area contributed by atoms with Gasteiger partial charge in [-0.25, -0.2) is 4.98 Å². The lowest BCUT2D eigenvalue weighted by molar-refractivity contribution is 0.199. The highest BCUT2D eigenvalue weighted by Gasteiger charge is 2.17. The lowest BCUT2D eigenvalue weighted by Crippen LogP contribution is -2.25. The number of aromatic nitrogens is 1. The minimum atomic E-state index is -0.415. The maximum atomic E-state index is 9.64. The van der Waals surface area contributed by atoms with Crippen molar-refractivity contribution in [2.24, 2.45) is 5.92 Å². The molecule has 1 aromatic heterocycles. The summed E-state index contributed by atoms with van der Waals surface area (Å²) in [5.74, 6) is 1.89. The van der Waals surface area contributed by atoms with Gasteiger partial charge in [0.2, 0.25) is 0 Å². The number of hydrogen-bond acceptors (Lipinski definition) is 3. The van der Waals surface area contributed by atoms with Crippen molar-refractivity contribution in [1.82, 2.24) is 4.98 Å². The van der Waals surface area contributed by atoms with E-state index in [4.69, 9.17) is 0 Å². The molecular weight excluding hydrogens is 224 g/mol. The molecule has 1 N–H and O–H groups in total. The van der Waals surface area contributed by atoms with Crippen LogP contribution in [-0.4, -0.2) is 23.2 Å². The third-order valence-electron chi connectivity index (χ3n) is 4.00. The highest BCUT2D eigenvalue weighted by atomic mass is 16.3. The molecule has 1 aliphatic rings. The summed E-state index contributed by atoms with van der Waals surface area (Å²) in [5.41, 5.74) is 0.955. The molecular formula is C15H24N2O. The second-order valence-corrected chi connectivity index (χ2v) is 5.32. The molecule has 1 unspecified atom stereocenters. The summed E-state index contributed by atoms with van der Waals surface area (Å²) in [5, 5.41) is 9.64. The Morgan fingerprint density at radius 1 is 1.44 bits per heavy atom. The molecule has 3 heteroatoms. The Morgan fingerprint density at radius 2 is 2.28 bits per heavy atom. The molecule has 0 amide bonds. The van der Waals surface area contributed by atoms with Crippen molar-refractivity contribution in [3.05, 3.63) is 23.9 Å². The summed E-state index contributed by atoms with van der Waals surface area (Å²) in [4.78, 5) is 6.82. The van der Waals surface area contributed by atoms with Crippen LogP contribution in [0.3, 0.4) is 0 Å². The number of anilines is 1. The van der Waals surface area contributed by atoms with Crippen LogP contribution in [0.25, 0.3) is 0 Å². The Labute approximate surface area is 110 Å². The third-order valence-corrected chi connectivity index (χ3v) is 4.00. The van der Waals surface area contributed by atoms with Crippen molar-refractivity contribution >= 4 is 5.82 Å². The largest absolute Gasteiger partial charge is 0.389 e. The quantitative estimate of drug-likeness (QED) is 0.892. The van der Waals surface area contributed by atoms with Crippen LogP contribution in [0.4, 0.5) is 5.82 Å². The highest BCUT2D eigenvalue weighted by Crippen LogP contribution is 2.24. The number of aliphatic hydroxyl groups excluding tert-OH is 1. The van der Waals surface area contributed by atoms with Gasteiger partial charge < -0.3 is 10.0 Å². The van der Waals surface area contributed by atoms with E-state index in [2.05, 4.69) is 16.8 Å². The number of rotatable bonds is 3. The Morgan fingerprint density at radius 3 is 3.00 bits per heavy atom. The summed E-state index contributed by atoms with van der Waals surface area (Å²) in [6, 6.07) is 3.91. The van der Waals surface area contributed by atoms with Crippen molar-refractivity contribution in [3.8, 4) is 0 Å². The molecule has 1 aliphatic heterocycles. The minimum Gasteiger partial charge on any atom is -0.389 e. The fourth-order valence-corrected chi connectivity index (χ4v) is 2.67. The summed E-state index contributed by atoms with van der Waals surface area (Å²) in [6.45, 7) is 6.27. The second-order valence-electron chi connectivity index (χ2n) is 5.32. The van der Waals surface area contributed by atoms with Gasteiger partial charge >= 0.3 is 0 Å². The van der Waals surface area contributed by atoms with Gasteiger partial charge in [-0.2, -0.15) is 0 Å². The van der Waals surface area contributed by atoms with Gasteiger partial charge in [-0.05, 0) is 49.8 Å². The maximum absolute atomic E-state index is 9.64. The molecule has 1 saturated heterocycles. The van der Waals surface area contributed by atoms with Crippen LogP contribution in [0.15, 0.2) is 18.3 Å². The van der Waals surface area contributed by atoms with Gasteiger partial charge in [0.1, 0.15) is 5.82 Å². The molecule has 0 aromatic carbocycles.